The van der Waals surface area contributed by atoms with E-state index >= 15 is 0 Å². The van der Waals surface area contributed by atoms with Gasteiger partial charge in [-0.05, 0) is 18.2 Å². The first-order chi connectivity index (χ1) is 8.54. The van der Waals surface area contributed by atoms with Gasteiger partial charge in [-0.3, -0.25) is 4.79 Å². The maximum atomic E-state index is 11.0. The molecule has 0 aliphatic rings. The number of anilines is 1. The molecule has 0 atom stereocenters. The van der Waals surface area contributed by atoms with E-state index in [9.17, 15) is 9.59 Å². The number of methoxy groups -OCH3 is 1. The van der Waals surface area contributed by atoms with Crippen molar-refractivity contribution >= 4 is 17.6 Å². The summed E-state index contributed by atoms with van der Waals surface area (Å²) in [5.74, 6) is -1.00. The molecule has 1 aromatic carbocycles. The van der Waals surface area contributed by atoms with Gasteiger partial charge in [-0.2, -0.15) is 0 Å². The van der Waals surface area contributed by atoms with E-state index in [0.29, 0.717) is 18.0 Å². The number of hydrogen-bond donors (Lipinski definition) is 2. The standard InChI is InChI=1S/C12H15NO5/c1-8(14)13-10-4-3-9(12(15)16)7-11(10)18-6-5-17-2/h3-4,7H,5-6H2,1-2H3,(H,13,14)(H,15,16). The summed E-state index contributed by atoms with van der Waals surface area (Å²) in [6.45, 7) is 2.01. The van der Waals surface area contributed by atoms with Crippen LogP contribution < -0.4 is 10.1 Å². The highest BCUT2D eigenvalue weighted by molar-refractivity contribution is 5.93. The van der Waals surface area contributed by atoms with Gasteiger partial charge in [0.15, 0.2) is 0 Å². The number of rotatable bonds is 6. The number of carbonyl (C=O) groups excluding carboxylic acids is 1. The summed E-state index contributed by atoms with van der Waals surface area (Å²) in [5, 5.41) is 11.5. The third kappa shape index (κ3) is 4.06. The number of nitrogens with one attached hydrogen (secondary N) is 1. The van der Waals surface area contributed by atoms with Crippen LogP contribution in [-0.4, -0.2) is 37.3 Å². The summed E-state index contributed by atoms with van der Waals surface area (Å²) in [4.78, 5) is 21.9. The van der Waals surface area contributed by atoms with Crippen molar-refractivity contribution in [1.29, 1.82) is 0 Å². The SMILES string of the molecule is COCCOc1cc(C(=O)O)ccc1NC(C)=O. The van der Waals surface area contributed by atoms with Crippen molar-refractivity contribution in [2.24, 2.45) is 0 Å². The normalized spacial score (nSPS) is 9.89. The van der Waals surface area contributed by atoms with Crippen molar-refractivity contribution in [3.05, 3.63) is 23.8 Å². The number of amides is 1. The van der Waals surface area contributed by atoms with Crippen LogP contribution in [0.2, 0.25) is 0 Å². The lowest BCUT2D eigenvalue weighted by Crippen LogP contribution is -2.11. The maximum Gasteiger partial charge on any atom is 0.335 e. The Balaban J connectivity index is 2.93. The zero-order chi connectivity index (χ0) is 13.5. The van der Waals surface area contributed by atoms with E-state index in [0.717, 1.165) is 0 Å². The average Bonchev–Trinajstić information content (AvgIpc) is 2.30. The molecule has 6 heteroatoms. The highest BCUT2D eigenvalue weighted by Crippen LogP contribution is 2.26. The molecule has 6 nitrogen and oxygen atoms in total. The van der Waals surface area contributed by atoms with Gasteiger partial charge in [0.1, 0.15) is 12.4 Å². The van der Waals surface area contributed by atoms with Crippen LogP contribution in [0.1, 0.15) is 17.3 Å². The summed E-state index contributed by atoms with van der Waals surface area (Å²) in [5.41, 5.74) is 0.528. The molecule has 1 amide bonds. The Labute approximate surface area is 105 Å². The molecule has 0 bridgehead atoms. The highest BCUT2D eigenvalue weighted by Gasteiger charge is 2.10. The van der Waals surface area contributed by atoms with Crippen molar-refractivity contribution in [2.45, 2.75) is 6.92 Å². The lowest BCUT2D eigenvalue weighted by molar-refractivity contribution is -0.114. The van der Waals surface area contributed by atoms with E-state index in [2.05, 4.69) is 5.32 Å². The third-order valence-electron chi connectivity index (χ3n) is 2.08. The topological polar surface area (TPSA) is 84.9 Å². The van der Waals surface area contributed by atoms with Crippen LogP contribution in [-0.2, 0) is 9.53 Å². The van der Waals surface area contributed by atoms with Gasteiger partial charge in [-0.15, -0.1) is 0 Å². The Morgan fingerprint density at radius 3 is 2.61 bits per heavy atom. The van der Waals surface area contributed by atoms with E-state index in [-0.39, 0.29) is 18.1 Å². The molecule has 0 radical (unpaired) electrons. The van der Waals surface area contributed by atoms with Gasteiger partial charge < -0.3 is 19.9 Å². The van der Waals surface area contributed by atoms with E-state index < -0.39 is 5.97 Å². The Kier molecular flexibility index (Phi) is 5.13. The van der Waals surface area contributed by atoms with Crippen LogP contribution in [0.15, 0.2) is 18.2 Å². The number of aromatic carboxylic acids is 1. The molecular weight excluding hydrogens is 238 g/mol. The molecule has 2 N–H and O–H groups in total. The molecule has 0 fully saturated rings. The molecule has 0 heterocycles. The molecule has 0 saturated carbocycles. The minimum atomic E-state index is -1.05. The summed E-state index contributed by atoms with van der Waals surface area (Å²) < 4.78 is 10.2. The first-order valence-electron chi connectivity index (χ1n) is 5.31. The van der Waals surface area contributed by atoms with Crippen LogP contribution in [0.3, 0.4) is 0 Å². The van der Waals surface area contributed by atoms with Crippen LogP contribution in [0, 0.1) is 0 Å². The van der Waals surface area contributed by atoms with Gasteiger partial charge in [0.05, 0.1) is 17.9 Å². The largest absolute Gasteiger partial charge is 0.489 e. The minimum Gasteiger partial charge on any atom is -0.489 e. The quantitative estimate of drug-likeness (QED) is 0.748. The minimum absolute atomic E-state index is 0.0940. The maximum absolute atomic E-state index is 11.0. The van der Waals surface area contributed by atoms with Gasteiger partial charge in [0.25, 0.3) is 0 Å². The lowest BCUT2D eigenvalue weighted by atomic mass is 10.2. The molecule has 1 aromatic rings. The molecule has 18 heavy (non-hydrogen) atoms. The van der Waals surface area contributed by atoms with Crippen molar-refractivity contribution in [1.82, 2.24) is 0 Å². The highest BCUT2D eigenvalue weighted by atomic mass is 16.5. The Hall–Kier alpha value is -2.08. The Morgan fingerprint density at radius 2 is 2.06 bits per heavy atom. The summed E-state index contributed by atoms with van der Waals surface area (Å²) in [6, 6.07) is 4.26. The van der Waals surface area contributed by atoms with Crippen molar-refractivity contribution in [3.8, 4) is 5.75 Å². The molecule has 1 rings (SSSR count). The lowest BCUT2D eigenvalue weighted by Gasteiger charge is -2.12. The van der Waals surface area contributed by atoms with Crippen molar-refractivity contribution in [3.63, 3.8) is 0 Å². The van der Waals surface area contributed by atoms with Gasteiger partial charge >= 0.3 is 5.97 Å². The van der Waals surface area contributed by atoms with Crippen molar-refractivity contribution < 1.29 is 24.2 Å². The summed E-state index contributed by atoms with van der Waals surface area (Å²) >= 11 is 0. The molecule has 0 saturated heterocycles. The predicted molar refractivity (Wildman–Crippen MR) is 65.1 cm³/mol. The Morgan fingerprint density at radius 1 is 1.33 bits per heavy atom. The number of ether oxygens (including phenoxy) is 2. The van der Waals surface area contributed by atoms with Crippen LogP contribution >= 0.6 is 0 Å². The smallest absolute Gasteiger partial charge is 0.335 e. The molecule has 0 aromatic heterocycles. The fraction of sp³-hybridized carbons (Fsp3) is 0.333. The van der Waals surface area contributed by atoms with Gasteiger partial charge in [0.2, 0.25) is 5.91 Å². The van der Waals surface area contributed by atoms with Gasteiger partial charge in [-0.1, -0.05) is 0 Å². The predicted octanol–water partition coefficient (Wildman–Crippen LogP) is 1.37. The molecule has 98 valence electrons. The van der Waals surface area contributed by atoms with E-state index in [1.807, 2.05) is 0 Å². The summed E-state index contributed by atoms with van der Waals surface area (Å²) in [6.07, 6.45) is 0. The average molecular weight is 253 g/mol. The monoisotopic (exact) mass is 253 g/mol. The Bertz CT molecular complexity index is 444. The number of carbonyl (C=O) groups is 2. The number of carboxylic acid groups (broad SMARTS) is 1. The van der Waals surface area contributed by atoms with Gasteiger partial charge in [-0.25, -0.2) is 4.79 Å². The fourth-order valence-corrected chi connectivity index (χ4v) is 1.30. The van der Waals surface area contributed by atoms with Crippen molar-refractivity contribution in [2.75, 3.05) is 25.6 Å². The van der Waals surface area contributed by atoms with E-state index in [1.54, 1.807) is 0 Å². The second-order valence-corrected chi connectivity index (χ2v) is 3.54. The molecular formula is C12H15NO5. The first kappa shape index (κ1) is 14.0. The number of benzene rings is 1. The molecule has 0 unspecified atom stereocenters. The van der Waals surface area contributed by atoms with E-state index in [4.69, 9.17) is 14.6 Å². The molecule has 0 spiro atoms. The van der Waals surface area contributed by atoms with Crippen LogP contribution in [0.4, 0.5) is 5.69 Å². The zero-order valence-electron chi connectivity index (χ0n) is 10.2. The molecule has 0 aliphatic carbocycles. The fourth-order valence-electron chi connectivity index (χ4n) is 1.30. The molecule has 0 aliphatic heterocycles. The van der Waals surface area contributed by atoms with Crippen LogP contribution in [0.5, 0.6) is 5.75 Å². The number of carboxylic acids is 1. The second-order valence-electron chi connectivity index (χ2n) is 3.54. The summed E-state index contributed by atoms with van der Waals surface area (Å²) in [7, 11) is 1.53. The van der Waals surface area contributed by atoms with E-state index in [1.165, 1.54) is 32.2 Å². The van der Waals surface area contributed by atoms with Gasteiger partial charge in [0, 0.05) is 14.0 Å². The number of hydrogen-bond acceptors (Lipinski definition) is 4. The van der Waals surface area contributed by atoms with Crippen LogP contribution in [0.25, 0.3) is 0 Å². The second kappa shape index (κ2) is 6.61. The zero-order valence-corrected chi connectivity index (χ0v) is 10.2. The first-order valence-corrected chi connectivity index (χ1v) is 5.31. The third-order valence-corrected chi connectivity index (χ3v) is 2.08.